The molecule has 2 aliphatic rings. The van der Waals surface area contributed by atoms with Gasteiger partial charge in [0.15, 0.2) is 0 Å². The second-order valence-corrected chi connectivity index (χ2v) is 4.68. The van der Waals surface area contributed by atoms with E-state index in [-0.39, 0.29) is 17.1 Å². The highest BCUT2D eigenvalue weighted by molar-refractivity contribution is 5.91. The van der Waals surface area contributed by atoms with E-state index in [4.69, 9.17) is 0 Å². The molecule has 0 bridgehead atoms. The summed E-state index contributed by atoms with van der Waals surface area (Å²) >= 11 is 0. The molecule has 1 aliphatic heterocycles. The van der Waals surface area contributed by atoms with Gasteiger partial charge in [0.2, 0.25) is 5.91 Å². The summed E-state index contributed by atoms with van der Waals surface area (Å²) in [5, 5.41) is 0. The monoisotopic (exact) mass is 195 g/mol. The number of rotatable bonds is 0. The summed E-state index contributed by atoms with van der Waals surface area (Å²) < 4.78 is 0. The van der Waals surface area contributed by atoms with Crippen LogP contribution in [-0.2, 0) is 9.59 Å². The summed E-state index contributed by atoms with van der Waals surface area (Å²) in [5.41, 5.74) is -0.303. The molecule has 1 atom stereocenters. The molecule has 0 radical (unpaired) electrons. The number of Topliss-reactive ketones (excluding diaryl/α,β-unsaturated/α-hetero) is 1. The predicted molar refractivity (Wildman–Crippen MR) is 52.8 cm³/mol. The van der Waals surface area contributed by atoms with E-state index in [2.05, 4.69) is 0 Å². The third-order valence-corrected chi connectivity index (χ3v) is 3.60. The number of amides is 1. The molecule has 1 aliphatic carbocycles. The summed E-state index contributed by atoms with van der Waals surface area (Å²) in [4.78, 5) is 25.2. The van der Waals surface area contributed by atoms with E-state index >= 15 is 0 Å². The lowest BCUT2D eigenvalue weighted by Crippen LogP contribution is -2.49. The molecule has 1 saturated carbocycles. The van der Waals surface area contributed by atoms with Crippen LogP contribution in [0.15, 0.2) is 0 Å². The average molecular weight is 195 g/mol. The van der Waals surface area contributed by atoms with Crippen LogP contribution in [0.4, 0.5) is 0 Å². The van der Waals surface area contributed by atoms with Crippen LogP contribution >= 0.6 is 0 Å². The smallest absolute Gasteiger partial charge is 0.228 e. The Morgan fingerprint density at radius 2 is 1.93 bits per heavy atom. The van der Waals surface area contributed by atoms with Crippen molar-refractivity contribution < 1.29 is 9.59 Å². The van der Waals surface area contributed by atoms with Crippen molar-refractivity contribution in [3.05, 3.63) is 0 Å². The molecule has 3 nitrogen and oxygen atoms in total. The van der Waals surface area contributed by atoms with Gasteiger partial charge in [0.25, 0.3) is 0 Å². The molecule has 3 heteroatoms. The highest BCUT2D eigenvalue weighted by Gasteiger charge is 2.45. The predicted octanol–water partition coefficient (Wildman–Crippen LogP) is 1.37. The molecule has 14 heavy (non-hydrogen) atoms. The van der Waals surface area contributed by atoms with Crippen LogP contribution < -0.4 is 0 Å². The fraction of sp³-hybridized carbons (Fsp3) is 0.818. The highest BCUT2D eigenvalue weighted by atomic mass is 16.2. The van der Waals surface area contributed by atoms with Crippen LogP contribution in [0.1, 0.15) is 38.5 Å². The summed E-state index contributed by atoms with van der Waals surface area (Å²) in [6.45, 7) is 0.856. The molecule has 0 N–H and O–H groups in total. The maximum atomic E-state index is 12.0. The molecule has 2 rings (SSSR count). The third-order valence-electron chi connectivity index (χ3n) is 3.60. The topological polar surface area (TPSA) is 37.4 Å². The second-order valence-electron chi connectivity index (χ2n) is 4.68. The van der Waals surface area contributed by atoms with Crippen LogP contribution in [0, 0.1) is 5.41 Å². The lowest BCUT2D eigenvalue weighted by atomic mass is 9.68. The van der Waals surface area contributed by atoms with Crippen LogP contribution in [0.25, 0.3) is 0 Å². The van der Waals surface area contributed by atoms with Gasteiger partial charge in [-0.3, -0.25) is 9.59 Å². The molecule has 2 fully saturated rings. The van der Waals surface area contributed by atoms with Gasteiger partial charge in [-0.1, -0.05) is 0 Å². The lowest BCUT2D eigenvalue weighted by molar-refractivity contribution is -0.150. The normalized spacial score (nSPS) is 33.9. The number of hydrogen-bond acceptors (Lipinski definition) is 2. The Hall–Kier alpha value is -0.860. The van der Waals surface area contributed by atoms with E-state index in [9.17, 15) is 9.59 Å². The van der Waals surface area contributed by atoms with Gasteiger partial charge in [-0.2, -0.15) is 0 Å². The van der Waals surface area contributed by atoms with Gasteiger partial charge >= 0.3 is 0 Å². The Kier molecular flexibility index (Phi) is 2.33. The van der Waals surface area contributed by atoms with Crippen molar-refractivity contribution in [2.75, 3.05) is 13.6 Å². The maximum absolute atomic E-state index is 12.0. The molecule has 1 heterocycles. The van der Waals surface area contributed by atoms with Crippen molar-refractivity contribution in [2.24, 2.45) is 5.41 Å². The number of carbonyl (C=O) groups is 2. The number of ketones is 1. The summed E-state index contributed by atoms with van der Waals surface area (Å²) in [7, 11) is 1.85. The van der Waals surface area contributed by atoms with Crippen molar-refractivity contribution in [1.29, 1.82) is 0 Å². The zero-order valence-corrected chi connectivity index (χ0v) is 8.71. The number of hydrogen-bond donors (Lipinski definition) is 0. The van der Waals surface area contributed by atoms with Crippen molar-refractivity contribution in [1.82, 2.24) is 4.90 Å². The SMILES string of the molecule is CN1CCCC2(CCCC(=O)C2)C1=O. The van der Waals surface area contributed by atoms with Gasteiger partial charge in [0.1, 0.15) is 5.78 Å². The zero-order chi connectivity index (χ0) is 10.2. The fourth-order valence-corrected chi connectivity index (χ4v) is 2.84. The first kappa shape index (κ1) is 9.69. The molecule has 1 unspecified atom stereocenters. The number of carbonyl (C=O) groups excluding carboxylic acids is 2. The first-order chi connectivity index (χ1) is 6.64. The minimum atomic E-state index is -0.303. The van der Waals surface area contributed by atoms with Gasteiger partial charge in [-0.15, -0.1) is 0 Å². The third kappa shape index (κ3) is 1.45. The molecule has 78 valence electrons. The van der Waals surface area contributed by atoms with E-state index in [0.717, 1.165) is 32.2 Å². The lowest BCUT2D eigenvalue weighted by Gasteiger charge is -2.42. The fourth-order valence-electron chi connectivity index (χ4n) is 2.84. The standard InChI is InChI=1S/C11H17NO2/c1-12-7-3-6-11(10(12)14)5-2-4-9(13)8-11/h2-8H2,1H3. The molecule has 1 amide bonds. The summed E-state index contributed by atoms with van der Waals surface area (Å²) in [6.07, 6.45) is 4.96. The van der Waals surface area contributed by atoms with Crippen molar-refractivity contribution in [3.63, 3.8) is 0 Å². The van der Waals surface area contributed by atoms with E-state index in [1.165, 1.54) is 0 Å². The Bertz CT molecular complexity index is 270. The molecular formula is C11H17NO2. The van der Waals surface area contributed by atoms with Crippen LogP contribution in [0.5, 0.6) is 0 Å². The van der Waals surface area contributed by atoms with Crippen molar-refractivity contribution >= 4 is 11.7 Å². The van der Waals surface area contributed by atoms with Gasteiger partial charge in [0.05, 0.1) is 5.41 Å². The Labute approximate surface area is 84.5 Å². The number of nitrogens with zero attached hydrogens (tertiary/aromatic N) is 1. The van der Waals surface area contributed by atoms with Crippen LogP contribution in [0.2, 0.25) is 0 Å². The van der Waals surface area contributed by atoms with Crippen LogP contribution in [-0.4, -0.2) is 30.2 Å². The second kappa shape index (κ2) is 3.37. The molecular weight excluding hydrogens is 178 g/mol. The number of piperidine rings is 1. The summed E-state index contributed by atoms with van der Waals surface area (Å²) in [5.74, 6) is 0.483. The molecule has 0 aromatic rings. The minimum Gasteiger partial charge on any atom is -0.345 e. The first-order valence-electron chi connectivity index (χ1n) is 5.41. The van der Waals surface area contributed by atoms with Crippen molar-refractivity contribution in [2.45, 2.75) is 38.5 Å². The first-order valence-corrected chi connectivity index (χ1v) is 5.41. The van der Waals surface area contributed by atoms with Crippen molar-refractivity contribution in [3.8, 4) is 0 Å². The average Bonchev–Trinajstić information content (AvgIpc) is 2.14. The molecule has 1 saturated heterocycles. The minimum absolute atomic E-state index is 0.205. The van der Waals surface area contributed by atoms with E-state index in [0.29, 0.717) is 12.8 Å². The van der Waals surface area contributed by atoms with E-state index in [1.54, 1.807) is 4.90 Å². The van der Waals surface area contributed by atoms with E-state index in [1.807, 2.05) is 7.05 Å². The van der Waals surface area contributed by atoms with E-state index < -0.39 is 0 Å². The van der Waals surface area contributed by atoms with Crippen LogP contribution in [0.3, 0.4) is 0 Å². The van der Waals surface area contributed by atoms with Gasteiger partial charge in [-0.25, -0.2) is 0 Å². The Balaban J connectivity index is 2.20. The number of likely N-dealkylation sites (tertiary alicyclic amines) is 1. The highest BCUT2D eigenvalue weighted by Crippen LogP contribution is 2.42. The molecule has 1 spiro atoms. The largest absolute Gasteiger partial charge is 0.345 e. The summed E-state index contributed by atoms with van der Waals surface area (Å²) in [6, 6.07) is 0. The quantitative estimate of drug-likeness (QED) is 0.585. The molecule has 0 aromatic carbocycles. The van der Waals surface area contributed by atoms with Gasteiger partial charge in [-0.05, 0) is 25.7 Å². The zero-order valence-electron chi connectivity index (χ0n) is 8.71. The maximum Gasteiger partial charge on any atom is 0.228 e. The van der Waals surface area contributed by atoms with Gasteiger partial charge < -0.3 is 4.90 Å². The molecule has 0 aromatic heterocycles. The Morgan fingerprint density at radius 3 is 2.64 bits per heavy atom. The van der Waals surface area contributed by atoms with Gasteiger partial charge in [0, 0.05) is 26.4 Å². The Morgan fingerprint density at radius 1 is 1.21 bits per heavy atom.